The Kier molecular flexibility index (Phi) is 3.46. The Hall–Kier alpha value is -2.04. The van der Waals surface area contributed by atoms with E-state index in [1.54, 1.807) is 25.1 Å². The van der Waals surface area contributed by atoms with Gasteiger partial charge in [0.2, 0.25) is 0 Å². The van der Waals surface area contributed by atoms with Crippen molar-refractivity contribution in [3.63, 3.8) is 0 Å². The monoisotopic (exact) mass is 262 g/mol. The van der Waals surface area contributed by atoms with Gasteiger partial charge >= 0.3 is 12.0 Å². The minimum atomic E-state index is -1.04. The molecule has 1 saturated carbocycles. The molecule has 5 heteroatoms. The van der Waals surface area contributed by atoms with Gasteiger partial charge in [0.25, 0.3) is 0 Å². The maximum atomic E-state index is 11.8. The second kappa shape index (κ2) is 4.91. The van der Waals surface area contributed by atoms with E-state index < -0.39 is 5.97 Å². The van der Waals surface area contributed by atoms with Gasteiger partial charge in [-0.15, -0.1) is 0 Å². The molecule has 1 fully saturated rings. The Morgan fingerprint density at radius 1 is 1.37 bits per heavy atom. The van der Waals surface area contributed by atoms with Crippen molar-refractivity contribution in [2.24, 2.45) is 5.41 Å². The summed E-state index contributed by atoms with van der Waals surface area (Å²) in [6, 6.07) is 4.66. The lowest BCUT2D eigenvalue weighted by Gasteiger charge is -2.13. The molecule has 102 valence electrons. The van der Waals surface area contributed by atoms with Crippen LogP contribution in [-0.2, 0) is 0 Å². The Bertz CT molecular complexity index is 521. The molecule has 2 amide bonds. The van der Waals surface area contributed by atoms with Gasteiger partial charge in [0, 0.05) is 6.54 Å². The Balaban J connectivity index is 2.04. The normalized spacial score (nSPS) is 15.7. The molecule has 0 aromatic heterocycles. The van der Waals surface area contributed by atoms with Crippen LogP contribution in [-0.4, -0.2) is 23.7 Å². The zero-order valence-corrected chi connectivity index (χ0v) is 11.1. The van der Waals surface area contributed by atoms with Crippen LogP contribution in [0, 0.1) is 12.3 Å². The average molecular weight is 262 g/mol. The number of urea groups is 1. The highest BCUT2D eigenvalue weighted by atomic mass is 16.4. The molecule has 19 heavy (non-hydrogen) atoms. The molecule has 1 aromatic carbocycles. The first-order valence-electron chi connectivity index (χ1n) is 6.29. The van der Waals surface area contributed by atoms with Crippen LogP contribution in [0.3, 0.4) is 0 Å². The van der Waals surface area contributed by atoms with Crippen molar-refractivity contribution in [2.45, 2.75) is 26.7 Å². The molecule has 0 heterocycles. The van der Waals surface area contributed by atoms with Crippen molar-refractivity contribution in [3.05, 3.63) is 29.3 Å². The molecule has 0 unspecified atom stereocenters. The Labute approximate surface area is 112 Å². The number of aryl methyl sites for hydroxylation is 1. The number of amides is 2. The fourth-order valence-corrected chi connectivity index (χ4v) is 1.91. The lowest BCUT2D eigenvalue weighted by Crippen LogP contribution is -2.33. The van der Waals surface area contributed by atoms with Crippen molar-refractivity contribution in [1.29, 1.82) is 0 Å². The zero-order chi connectivity index (χ0) is 14.0. The maximum absolute atomic E-state index is 11.8. The molecule has 0 spiro atoms. The van der Waals surface area contributed by atoms with Gasteiger partial charge in [0.1, 0.15) is 0 Å². The van der Waals surface area contributed by atoms with Crippen LogP contribution in [0.4, 0.5) is 10.5 Å². The third kappa shape index (κ3) is 3.24. The van der Waals surface area contributed by atoms with Crippen LogP contribution in [0.2, 0.25) is 0 Å². The van der Waals surface area contributed by atoms with Gasteiger partial charge in [0.15, 0.2) is 0 Å². The fourth-order valence-electron chi connectivity index (χ4n) is 1.91. The second-order valence-electron chi connectivity index (χ2n) is 5.42. The Morgan fingerprint density at radius 2 is 2.05 bits per heavy atom. The predicted octanol–water partition coefficient (Wildman–Crippen LogP) is 2.61. The number of carboxylic acid groups (broad SMARTS) is 1. The molecule has 3 N–H and O–H groups in total. The largest absolute Gasteiger partial charge is 0.478 e. The van der Waals surface area contributed by atoms with Crippen LogP contribution in [0.25, 0.3) is 0 Å². The SMILES string of the molecule is Cc1cccc(NC(=O)NCC2(C)CC2)c1C(=O)O. The molecule has 1 aliphatic carbocycles. The summed E-state index contributed by atoms with van der Waals surface area (Å²) in [6.07, 6.45) is 2.25. The number of hydrogen-bond donors (Lipinski definition) is 3. The number of benzene rings is 1. The lowest BCUT2D eigenvalue weighted by atomic mass is 10.1. The summed E-state index contributed by atoms with van der Waals surface area (Å²) in [5, 5.41) is 14.5. The lowest BCUT2D eigenvalue weighted by molar-refractivity contribution is 0.0697. The highest BCUT2D eigenvalue weighted by Gasteiger charge is 2.37. The van der Waals surface area contributed by atoms with E-state index in [1.807, 2.05) is 0 Å². The van der Waals surface area contributed by atoms with Crippen molar-refractivity contribution in [3.8, 4) is 0 Å². The molecular weight excluding hydrogens is 244 g/mol. The van der Waals surface area contributed by atoms with Crippen LogP contribution in [0.15, 0.2) is 18.2 Å². The number of carboxylic acids is 1. The topological polar surface area (TPSA) is 78.4 Å². The highest BCUT2D eigenvalue weighted by molar-refractivity contribution is 6.01. The van der Waals surface area contributed by atoms with Gasteiger partial charge in [-0.3, -0.25) is 0 Å². The van der Waals surface area contributed by atoms with E-state index in [4.69, 9.17) is 5.11 Å². The summed E-state index contributed by atoms with van der Waals surface area (Å²) in [6.45, 7) is 4.44. The zero-order valence-electron chi connectivity index (χ0n) is 11.1. The third-order valence-electron chi connectivity index (χ3n) is 3.51. The van der Waals surface area contributed by atoms with Crippen LogP contribution < -0.4 is 10.6 Å². The van der Waals surface area contributed by atoms with Gasteiger partial charge in [-0.1, -0.05) is 19.1 Å². The van der Waals surface area contributed by atoms with Gasteiger partial charge < -0.3 is 15.7 Å². The van der Waals surface area contributed by atoms with E-state index in [-0.39, 0.29) is 17.0 Å². The minimum absolute atomic E-state index is 0.135. The fraction of sp³-hybridized carbons (Fsp3) is 0.429. The predicted molar refractivity (Wildman–Crippen MR) is 72.5 cm³/mol. The standard InChI is InChI=1S/C14H18N2O3/c1-9-4-3-5-10(11(9)12(17)18)16-13(19)15-8-14(2)6-7-14/h3-5H,6-8H2,1-2H3,(H,17,18)(H2,15,16,19). The molecule has 0 bridgehead atoms. The Morgan fingerprint density at radius 3 is 2.63 bits per heavy atom. The van der Waals surface area contributed by atoms with Crippen molar-refractivity contribution < 1.29 is 14.7 Å². The number of anilines is 1. The van der Waals surface area contributed by atoms with Crippen LogP contribution in [0.5, 0.6) is 0 Å². The average Bonchev–Trinajstić information content (AvgIpc) is 3.05. The number of rotatable bonds is 4. The smallest absolute Gasteiger partial charge is 0.338 e. The van der Waals surface area contributed by atoms with Crippen LogP contribution in [0.1, 0.15) is 35.7 Å². The number of aromatic carboxylic acids is 1. The van der Waals surface area contributed by atoms with E-state index in [1.165, 1.54) is 0 Å². The van der Waals surface area contributed by atoms with Crippen LogP contribution >= 0.6 is 0 Å². The second-order valence-corrected chi connectivity index (χ2v) is 5.42. The van der Waals surface area contributed by atoms with Gasteiger partial charge in [-0.25, -0.2) is 9.59 Å². The first kappa shape index (κ1) is 13.4. The molecule has 0 aliphatic heterocycles. The first-order chi connectivity index (χ1) is 8.91. The first-order valence-corrected chi connectivity index (χ1v) is 6.29. The number of nitrogens with one attached hydrogen (secondary N) is 2. The summed E-state index contributed by atoms with van der Waals surface area (Å²) in [4.78, 5) is 22.9. The van der Waals surface area contributed by atoms with E-state index in [0.717, 1.165) is 12.8 Å². The number of hydrogen-bond acceptors (Lipinski definition) is 2. The number of carbonyl (C=O) groups is 2. The number of carbonyl (C=O) groups excluding carboxylic acids is 1. The highest BCUT2D eigenvalue weighted by Crippen LogP contribution is 2.44. The van der Waals surface area contributed by atoms with Crippen molar-refractivity contribution in [1.82, 2.24) is 5.32 Å². The maximum Gasteiger partial charge on any atom is 0.338 e. The molecular formula is C14H18N2O3. The molecule has 1 aliphatic rings. The third-order valence-corrected chi connectivity index (χ3v) is 3.51. The summed E-state index contributed by atoms with van der Waals surface area (Å²) >= 11 is 0. The van der Waals surface area contributed by atoms with E-state index >= 15 is 0 Å². The van der Waals surface area contributed by atoms with Gasteiger partial charge in [-0.2, -0.15) is 0 Å². The summed E-state index contributed by atoms with van der Waals surface area (Å²) in [5.74, 6) is -1.04. The molecule has 0 atom stereocenters. The van der Waals surface area contributed by atoms with Crippen molar-refractivity contribution in [2.75, 3.05) is 11.9 Å². The van der Waals surface area contributed by atoms with Gasteiger partial charge in [0.05, 0.1) is 11.3 Å². The summed E-state index contributed by atoms with van der Waals surface area (Å²) in [7, 11) is 0. The summed E-state index contributed by atoms with van der Waals surface area (Å²) < 4.78 is 0. The molecule has 0 saturated heterocycles. The molecule has 1 aromatic rings. The quantitative estimate of drug-likeness (QED) is 0.780. The van der Waals surface area contributed by atoms with E-state index in [2.05, 4.69) is 17.6 Å². The summed E-state index contributed by atoms with van der Waals surface area (Å²) in [5.41, 5.74) is 1.31. The van der Waals surface area contributed by atoms with E-state index in [9.17, 15) is 9.59 Å². The van der Waals surface area contributed by atoms with Gasteiger partial charge in [-0.05, 0) is 36.8 Å². The van der Waals surface area contributed by atoms with Crippen molar-refractivity contribution >= 4 is 17.7 Å². The molecule has 2 rings (SSSR count). The minimum Gasteiger partial charge on any atom is -0.478 e. The van der Waals surface area contributed by atoms with E-state index in [0.29, 0.717) is 17.8 Å². The molecule has 0 radical (unpaired) electrons. The molecule has 5 nitrogen and oxygen atoms in total.